The lowest BCUT2D eigenvalue weighted by molar-refractivity contribution is -0.137. The Bertz CT molecular complexity index is 728. The number of oxime groups is 1. The minimum Gasteiger partial charge on any atom is -0.481 e. The summed E-state index contributed by atoms with van der Waals surface area (Å²) in [4.78, 5) is 10.5. The predicted molar refractivity (Wildman–Crippen MR) is 117 cm³/mol. The molecule has 1 aromatic rings. The predicted octanol–water partition coefficient (Wildman–Crippen LogP) is 3.95. The Hall–Kier alpha value is -2.44. The number of carboxylic acids is 1. The van der Waals surface area contributed by atoms with Crippen molar-refractivity contribution in [3.05, 3.63) is 60.2 Å². The van der Waals surface area contributed by atoms with Crippen molar-refractivity contribution < 1.29 is 25.3 Å². The van der Waals surface area contributed by atoms with E-state index in [4.69, 9.17) is 5.11 Å². The van der Waals surface area contributed by atoms with Crippen LogP contribution in [0.15, 0.2) is 59.8 Å². The molecule has 6 nitrogen and oxygen atoms in total. The van der Waals surface area contributed by atoms with Gasteiger partial charge in [-0.05, 0) is 44.1 Å². The average Bonchev–Trinajstić information content (AvgIpc) is 3.04. The number of rotatable bonds is 12. The summed E-state index contributed by atoms with van der Waals surface area (Å²) < 4.78 is 0. The molecular formula is C24H33NO5. The second-order valence-corrected chi connectivity index (χ2v) is 7.88. The molecule has 0 aromatic heterocycles. The molecule has 1 aliphatic rings. The fourth-order valence-corrected chi connectivity index (χ4v) is 3.90. The van der Waals surface area contributed by atoms with Crippen molar-refractivity contribution in [3.63, 3.8) is 0 Å². The van der Waals surface area contributed by atoms with Crippen LogP contribution in [0, 0.1) is 11.8 Å². The van der Waals surface area contributed by atoms with E-state index in [2.05, 4.69) is 17.3 Å². The molecule has 0 spiro atoms. The van der Waals surface area contributed by atoms with E-state index in [0.29, 0.717) is 37.8 Å². The third-order valence-corrected chi connectivity index (χ3v) is 5.57. The summed E-state index contributed by atoms with van der Waals surface area (Å²) in [5.74, 6) is -1.15. The summed E-state index contributed by atoms with van der Waals surface area (Å²) in [6.07, 6.45) is 11.0. The fraction of sp³-hybridized carbons (Fsp3) is 0.500. The van der Waals surface area contributed by atoms with E-state index in [1.54, 1.807) is 6.08 Å². The molecule has 1 aromatic carbocycles. The zero-order valence-corrected chi connectivity index (χ0v) is 17.3. The maximum Gasteiger partial charge on any atom is 0.303 e. The largest absolute Gasteiger partial charge is 0.481 e. The van der Waals surface area contributed by atoms with Crippen LogP contribution in [0.4, 0.5) is 0 Å². The Kier molecular flexibility index (Phi) is 10.3. The maximum atomic E-state index is 10.5. The van der Waals surface area contributed by atoms with Crippen LogP contribution in [-0.4, -0.2) is 44.4 Å². The van der Waals surface area contributed by atoms with Crippen LogP contribution in [0.5, 0.6) is 0 Å². The van der Waals surface area contributed by atoms with Crippen molar-refractivity contribution in [2.75, 3.05) is 0 Å². The number of nitrogens with zero attached hydrogens (tertiary/aromatic N) is 1. The lowest BCUT2D eigenvalue weighted by Gasteiger charge is -2.18. The van der Waals surface area contributed by atoms with Crippen molar-refractivity contribution in [1.82, 2.24) is 0 Å². The zero-order valence-electron chi connectivity index (χ0n) is 17.3. The van der Waals surface area contributed by atoms with E-state index in [9.17, 15) is 20.2 Å². The number of carboxylic acid groups (broad SMARTS) is 1. The van der Waals surface area contributed by atoms with Gasteiger partial charge in [0.2, 0.25) is 0 Å². The first-order valence-corrected chi connectivity index (χ1v) is 10.7. The molecule has 0 aliphatic heterocycles. The number of aliphatic carboxylic acids is 1. The average molecular weight is 416 g/mol. The molecule has 4 N–H and O–H groups in total. The minimum absolute atomic E-state index is 0.126. The highest BCUT2D eigenvalue weighted by Crippen LogP contribution is 2.34. The highest BCUT2D eigenvalue weighted by Gasteiger charge is 2.38. The van der Waals surface area contributed by atoms with E-state index >= 15 is 0 Å². The molecule has 4 unspecified atom stereocenters. The molecule has 0 bridgehead atoms. The molecule has 0 saturated heterocycles. The van der Waals surface area contributed by atoms with Crippen molar-refractivity contribution in [1.29, 1.82) is 0 Å². The molecule has 0 radical (unpaired) electrons. The molecule has 1 fully saturated rings. The van der Waals surface area contributed by atoms with Crippen molar-refractivity contribution in [2.45, 2.75) is 63.6 Å². The van der Waals surface area contributed by atoms with Crippen molar-refractivity contribution in [2.24, 2.45) is 17.0 Å². The number of benzene rings is 1. The lowest BCUT2D eigenvalue weighted by Crippen LogP contribution is -2.19. The number of hydrogen-bond donors (Lipinski definition) is 4. The number of aryl methyl sites for hydroxylation is 1. The Morgan fingerprint density at radius 3 is 2.67 bits per heavy atom. The highest BCUT2D eigenvalue weighted by atomic mass is 16.4. The number of unbranched alkanes of at least 4 members (excludes halogenated alkanes) is 1. The second kappa shape index (κ2) is 13.0. The van der Waals surface area contributed by atoms with Crippen LogP contribution >= 0.6 is 0 Å². The van der Waals surface area contributed by atoms with Gasteiger partial charge in [0.1, 0.15) is 0 Å². The van der Waals surface area contributed by atoms with Gasteiger partial charge >= 0.3 is 5.97 Å². The van der Waals surface area contributed by atoms with E-state index in [1.165, 1.54) is 5.56 Å². The van der Waals surface area contributed by atoms with E-state index < -0.39 is 18.2 Å². The molecule has 1 aliphatic carbocycles. The van der Waals surface area contributed by atoms with Gasteiger partial charge in [0.05, 0.1) is 17.9 Å². The summed E-state index contributed by atoms with van der Waals surface area (Å²) in [5.41, 5.74) is 1.78. The molecule has 0 amide bonds. The van der Waals surface area contributed by atoms with Crippen molar-refractivity contribution >= 4 is 11.7 Å². The minimum atomic E-state index is -0.800. The second-order valence-electron chi connectivity index (χ2n) is 7.88. The molecular weight excluding hydrogens is 382 g/mol. The first kappa shape index (κ1) is 23.8. The fourth-order valence-electron chi connectivity index (χ4n) is 3.90. The molecule has 164 valence electrons. The smallest absolute Gasteiger partial charge is 0.303 e. The SMILES string of the molecule is O=C(O)CCC/C=C\CC1C(O)C/C(=N/O)C1/C=C/C(O)CCCc1ccccc1. The Labute approximate surface area is 178 Å². The Morgan fingerprint density at radius 2 is 1.97 bits per heavy atom. The van der Waals surface area contributed by atoms with Gasteiger partial charge in [-0.1, -0.05) is 59.8 Å². The third kappa shape index (κ3) is 8.13. The van der Waals surface area contributed by atoms with Crippen LogP contribution in [0.25, 0.3) is 0 Å². The quantitative estimate of drug-likeness (QED) is 0.179. The number of hydrogen-bond acceptors (Lipinski definition) is 5. The van der Waals surface area contributed by atoms with Crippen LogP contribution < -0.4 is 0 Å². The Balaban J connectivity index is 1.84. The van der Waals surface area contributed by atoms with Crippen LogP contribution in [0.3, 0.4) is 0 Å². The van der Waals surface area contributed by atoms with Gasteiger partial charge in [0.15, 0.2) is 0 Å². The number of allylic oxidation sites excluding steroid dienone is 3. The third-order valence-electron chi connectivity index (χ3n) is 5.57. The van der Waals surface area contributed by atoms with Gasteiger partial charge in [0.25, 0.3) is 0 Å². The molecule has 0 heterocycles. The Morgan fingerprint density at radius 1 is 1.20 bits per heavy atom. The number of aliphatic hydroxyl groups excluding tert-OH is 2. The molecule has 30 heavy (non-hydrogen) atoms. The van der Waals surface area contributed by atoms with Gasteiger partial charge in [-0.15, -0.1) is 0 Å². The van der Waals surface area contributed by atoms with Gasteiger partial charge < -0.3 is 20.5 Å². The summed E-state index contributed by atoms with van der Waals surface area (Å²) in [7, 11) is 0. The standard InChI is InChI=1S/C24H33NO5/c26-19(12-8-11-18-9-4-3-5-10-18)15-16-20-21(23(27)17-22(20)25-30)13-6-1-2-7-14-24(28)29/h1,3-6,9-10,15-16,19-21,23,26-27,30H,2,7-8,11-14,17H2,(H,28,29)/b6-1-,16-15+,25-22-. The number of carbonyl (C=O) groups is 1. The van der Waals surface area contributed by atoms with Gasteiger partial charge in [-0.3, -0.25) is 4.79 Å². The topological polar surface area (TPSA) is 110 Å². The summed E-state index contributed by atoms with van der Waals surface area (Å²) in [5, 5.41) is 42.0. The first-order chi connectivity index (χ1) is 14.5. The maximum absolute atomic E-state index is 10.5. The summed E-state index contributed by atoms with van der Waals surface area (Å²) in [6, 6.07) is 10.2. The first-order valence-electron chi connectivity index (χ1n) is 10.7. The number of aliphatic hydroxyl groups is 2. The summed E-state index contributed by atoms with van der Waals surface area (Å²) >= 11 is 0. The van der Waals surface area contributed by atoms with E-state index in [-0.39, 0.29) is 18.3 Å². The normalized spacial score (nSPS) is 24.2. The van der Waals surface area contributed by atoms with Crippen molar-refractivity contribution in [3.8, 4) is 0 Å². The lowest BCUT2D eigenvalue weighted by atomic mass is 9.89. The van der Waals surface area contributed by atoms with Crippen LogP contribution in [-0.2, 0) is 11.2 Å². The van der Waals surface area contributed by atoms with E-state index in [0.717, 1.165) is 12.8 Å². The molecule has 2 rings (SSSR count). The molecule has 4 atom stereocenters. The molecule has 1 saturated carbocycles. The highest BCUT2D eigenvalue weighted by molar-refractivity contribution is 5.90. The van der Waals surface area contributed by atoms with Gasteiger partial charge in [-0.25, -0.2) is 0 Å². The molecule has 6 heteroatoms. The van der Waals surface area contributed by atoms with Crippen LogP contribution in [0.1, 0.15) is 50.5 Å². The zero-order chi connectivity index (χ0) is 21.8. The van der Waals surface area contributed by atoms with E-state index in [1.807, 2.05) is 36.4 Å². The summed E-state index contributed by atoms with van der Waals surface area (Å²) in [6.45, 7) is 0. The van der Waals surface area contributed by atoms with Gasteiger partial charge in [-0.2, -0.15) is 0 Å². The monoisotopic (exact) mass is 415 g/mol. The van der Waals surface area contributed by atoms with Crippen LogP contribution in [0.2, 0.25) is 0 Å². The van der Waals surface area contributed by atoms with Gasteiger partial charge in [0, 0.05) is 24.7 Å².